The molecule has 0 spiro atoms. The Hall–Kier alpha value is -1.31. The van der Waals surface area contributed by atoms with Gasteiger partial charge in [-0.3, -0.25) is 9.69 Å². The molecule has 0 radical (unpaired) electrons. The highest BCUT2D eigenvalue weighted by atomic mass is 35.5. The highest BCUT2D eigenvalue weighted by Crippen LogP contribution is 2.12. The summed E-state index contributed by atoms with van der Waals surface area (Å²) in [7, 11) is -2.97. The average molecular weight is 362 g/mol. The predicted molar refractivity (Wildman–Crippen MR) is 94.3 cm³/mol. The number of carbonyl (C=O) groups excluding carboxylic acids is 1. The first-order valence-corrected chi connectivity index (χ1v) is 9.26. The van der Waals surface area contributed by atoms with Gasteiger partial charge in [-0.25, -0.2) is 8.42 Å². The Morgan fingerprint density at radius 1 is 1.43 bits per heavy atom. The van der Waals surface area contributed by atoms with Crippen LogP contribution in [0.4, 0.5) is 5.69 Å². The van der Waals surface area contributed by atoms with Gasteiger partial charge in [0.25, 0.3) is 0 Å². The van der Waals surface area contributed by atoms with E-state index in [0.29, 0.717) is 18.7 Å². The number of carbonyl (C=O) groups is 1. The molecule has 0 aliphatic carbocycles. The maximum Gasteiger partial charge on any atom is 0.234 e. The van der Waals surface area contributed by atoms with Crippen molar-refractivity contribution in [2.24, 2.45) is 0 Å². The van der Waals surface area contributed by atoms with E-state index in [1.165, 1.54) is 0 Å². The number of likely N-dealkylation sites (N-methyl/N-ethyl adjacent to an activating group) is 1. The van der Waals surface area contributed by atoms with E-state index in [4.69, 9.17) is 5.73 Å². The van der Waals surface area contributed by atoms with Crippen LogP contribution in [0.25, 0.3) is 0 Å². The van der Waals surface area contributed by atoms with Crippen LogP contribution >= 0.6 is 12.4 Å². The van der Waals surface area contributed by atoms with Gasteiger partial charge in [-0.2, -0.15) is 0 Å². The van der Waals surface area contributed by atoms with E-state index in [1.54, 1.807) is 0 Å². The van der Waals surface area contributed by atoms with E-state index in [9.17, 15) is 13.2 Å². The Morgan fingerprint density at radius 3 is 2.74 bits per heavy atom. The van der Waals surface area contributed by atoms with E-state index >= 15 is 0 Å². The lowest BCUT2D eigenvalue weighted by molar-refractivity contribution is -0.122. The zero-order valence-electron chi connectivity index (χ0n) is 13.2. The number of halogens is 1. The summed E-state index contributed by atoms with van der Waals surface area (Å²) in [5.74, 6) is 0.0894. The van der Waals surface area contributed by atoms with Crippen LogP contribution in [0, 0.1) is 0 Å². The van der Waals surface area contributed by atoms with Crippen LogP contribution < -0.4 is 11.1 Å². The summed E-state index contributed by atoms with van der Waals surface area (Å²) in [5, 5.41) is 2.81. The van der Waals surface area contributed by atoms with Crippen LogP contribution in [0.2, 0.25) is 0 Å². The largest absolute Gasteiger partial charge is 0.399 e. The van der Waals surface area contributed by atoms with Gasteiger partial charge in [0.1, 0.15) is 0 Å². The normalized spacial score (nSPS) is 19.3. The molecule has 3 N–H and O–H groups in total. The van der Waals surface area contributed by atoms with Gasteiger partial charge in [0, 0.05) is 18.3 Å². The molecule has 1 fully saturated rings. The van der Waals surface area contributed by atoms with Gasteiger partial charge < -0.3 is 11.1 Å². The van der Waals surface area contributed by atoms with Crippen molar-refractivity contribution < 1.29 is 13.2 Å². The molecule has 1 aliphatic heterocycles. The lowest BCUT2D eigenvalue weighted by Crippen LogP contribution is -2.42. The summed E-state index contributed by atoms with van der Waals surface area (Å²) in [6.07, 6.45) is 0.509. The highest BCUT2D eigenvalue weighted by Gasteiger charge is 2.29. The molecule has 8 heteroatoms. The van der Waals surface area contributed by atoms with Crippen LogP contribution in [-0.4, -0.2) is 49.9 Å². The van der Waals surface area contributed by atoms with Crippen molar-refractivity contribution in [1.82, 2.24) is 10.2 Å². The molecule has 6 nitrogen and oxygen atoms in total. The summed E-state index contributed by atoms with van der Waals surface area (Å²) in [6, 6.07) is 7.34. The Labute approximate surface area is 143 Å². The minimum atomic E-state index is -2.97. The Balaban J connectivity index is 0.00000264. The number of sulfone groups is 1. The molecule has 0 aromatic heterocycles. The van der Waals surface area contributed by atoms with Crippen LogP contribution in [0.5, 0.6) is 0 Å². The standard InChI is InChI=1S/C15H23N3O3S.ClH/c1-2-18(9-12-4-3-5-13(16)8-12)10-15(19)17-14-6-7-22(20,21)11-14;/h3-5,8,14H,2,6-7,9-11,16H2,1H3,(H,17,19);1H. The first-order valence-electron chi connectivity index (χ1n) is 7.44. The van der Waals surface area contributed by atoms with Crippen molar-refractivity contribution in [3.63, 3.8) is 0 Å². The summed E-state index contributed by atoms with van der Waals surface area (Å²) >= 11 is 0. The Kier molecular flexibility index (Phi) is 7.31. The van der Waals surface area contributed by atoms with Gasteiger partial charge in [-0.1, -0.05) is 19.1 Å². The number of hydrogen-bond acceptors (Lipinski definition) is 5. The third-order valence-electron chi connectivity index (χ3n) is 3.77. The molecule has 1 atom stereocenters. The van der Waals surface area contributed by atoms with Crippen LogP contribution in [-0.2, 0) is 21.2 Å². The fraction of sp³-hybridized carbons (Fsp3) is 0.533. The molecule has 23 heavy (non-hydrogen) atoms. The Bertz CT molecular complexity index is 637. The number of benzene rings is 1. The van der Waals surface area contributed by atoms with Gasteiger partial charge >= 0.3 is 0 Å². The molecule has 2 rings (SSSR count). The molecule has 1 aliphatic rings. The number of nitrogens with one attached hydrogen (secondary N) is 1. The second kappa shape index (κ2) is 8.52. The summed E-state index contributed by atoms with van der Waals surface area (Å²) in [6.45, 7) is 3.60. The zero-order valence-corrected chi connectivity index (χ0v) is 14.8. The van der Waals surface area contributed by atoms with Crippen molar-refractivity contribution in [3.05, 3.63) is 29.8 Å². The number of amides is 1. The average Bonchev–Trinajstić information content (AvgIpc) is 2.77. The smallest absolute Gasteiger partial charge is 0.234 e. The second-order valence-corrected chi connectivity index (χ2v) is 7.94. The van der Waals surface area contributed by atoms with Gasteiger partial charge in [0.05, 0.1) is 18.1 Å². The van der Waals surface area contributed by atoms with E-state index in [-0.39, 0.29) is 42.4 Å². The Morgan fingerprint density at radius 2 is 2.17 bits per heavy atom. The first kappa shape index (κ1) is 19.7. The minimum Gasteiger partial charge on any atom is -0.399 e. The third-order valence-corrected chi connectivity index (χ3v) is 5.54. The highest BCUT2D eigenvalue weighted by molar-refractivity contribution is 7.91. The molecule has 0 saturated carbocycles. The van der Waals surface area contributed by atoms with Crippen molar-refractivity contribution in [1.29, 1.82) is 0 Å². The van der Waals surface area contributed by atoms with Crippen molar-refractivity contribution in [3.8, 4) is 0 Å². The number of nitrogen functional groups attached to an aromatic ring is 1. The van der Waals surface area contributed by atoms with Crippen molar-refractivity contribution in [2.45, 2.75) is 25.9 Å². The number of anilines is 1. The SMILES string of the molecule is CCN(CC(=O)NC1CCS(=O)(=O)C1)Cc1cccc(N)c1.Cl. The maximum atomic E-state index is 12.1. The molecule has 1 amide bonds. The third kappa shape index (κ3) is 6.37. The molecule has 130 valence electrons. The van der Waals surface area contributed by atoms with E-state index in [0.717, 1.165) is 12.1 Å². The predicted octanol–water partition coefficient (Wildman–Crippen LogP) is 0.816. The molecule has 1 aromatic carbocycles. The maximum absolute atomic E-state index is 12.1. The topological polar surface area (TPSA) is 92.5 Å². The molecular formula is C15H24ClN3O3S. The second-order valence-electron chi connectivity index (χ2n) is 5.72. The summed E-state index contributed by atoms with van der Waals surface area (Å²) in [5.41, 5.74) is 7.51. The fourth-order valence-corrected chi connectivity index (χ4v) is 4.29. The van der Waals surface area contributed by atoms with Crippen LogP contribution in [0.15, 0.2) is 24.3 Å². The quantitative estimate of drug-likeness (QED) is 0.732. The molecular weight excluding hydrogens is 338 g/mol. The van der Waals surface area contributed by atoms with Gasteiger partial charge in [-0.05, 0) is 30.7 Å². The number of nitrogens with zero attached hydrogens (tertiary/aromatic N) is 1. The van der Waals surface area contributed by atoms with E-state index in [1.807, 2.05) is 36.1 Å². The number of nitrogens with two attached hydrogens (primary N) is 1. The summed E-state index contributed by atoms with van der Waals surface area (Å²) in [4.78, 5) is 14.1. The molecule has 0 bridgehead atoms. The minimum absolute atomic E-state index is 0. The fourth-order valence-electron chi connectivity index (χ4n) is 2.61. The monoisotopic (exact) mass is 361 g/mol. The zero-order chi connectivity index (χ0) is 16.2. The summed E-state index contributed by atoms with van der Waals surface area (Å²) < 4.78 is 22.8. The molecule has 1 heterocycles. The van der Waals surface area contributed by atoms with Crippen LogP contribution in [0.3, 0.4) is 0 Å². The van der Waals surface area contributed by atoms with Crippen molar-refractivity contribution >= 4 is 33.8 Å². The van der Waals surface area contributed by atoms with E-state index in [2.05, 4.69) is 5.32 Å². The van der Waals surface area contributed by atoms with Gasteiger partial charge in [0.15, 0.2) is 9.84 Å². The lowest BCUT2D eigenvalue weighted by Gasteiger charge is -2.21. The molecule has 1 saturated heterocycles. The number of rotatable bonds is 6. The van der Waals surface area contributed by atoms with Gasteiger partial charge in [0.2, 0.25) is 5.91 Å². The lowest BCUT2D eigenvalue weighted by atomic mass is 10.2. The van der Waals surface area contributed by atoms with Gasteiger partial charge in [-0.15, -0.1) is 12.4 Å². The van der Waals surface area contributed by atoms with Crippen LogP contribution in [0.1, 0.15) is 18.9 Å². The number of hydrogen-bond donors (Lipinski definition) is 2. The van der Waals surface area contributed by atoms with E-state index < -0.39 is 9.84 Å². The molecule has 1 aromatic rings. The first-order chi connectivity index (χ1) is 10.4. The van der Waals surface area contributed by atoms with Crippen molar-refractivity contribution in [2.75, 3.05) is 30.3 Å². The molecule has 1 unspecified atom stereocenters.